The molecule has 162 valence electrons. The van der Waals surface area contributed by atoms with E-state index in [9.17, 15) is 4.79 Å². The third-order valence-electron chi connectivity index (χ3n) is 6.06. The summed E-state index contributed by atoms with van der Waals surface area (Å²) < 4.78 is 7.75. The van der Waals surface area contributed by atoms with E-state index in [-0.39, 0.29) is 5.91 Å². The maximum absolute atomic E-state index is 11.5. The molecule has 8 heteroatoms. The van der Waals surface area contributed by atoms with Crippen molar-refractivity contribution in [3.8, 4) is 5.75 Å². The standard InChI is InChI=1S/C22H30ClN5O2/c1-16-20(22(23)25(3)24-16)15-27-10-11-30-21-5-4-18(12-19(21)14-27)13-26-6-8-28(9-7-26)17(2)29/h4-5,12H,6-11,13-15H2,1-3H3. The number of nitrogens with zero attached hydrogens (tertiary/aromatic N) is 5. The number of rotatable bonds is 4. The van der Waals surface area contributed by atoms with Crippen molar-refractivity contribution in [3.05, 3.63) is 45.7 Å². The molecular formula is C22H30ClN5O2. The molecule has 0 saturated carbocycles. The van der Waals surface area contributed by atoms with Crippen molar-refractivity contribution in [2.45, 2.75) is 33.5 Å². The van der Waals surface area contributed by atoms with E-state index >= 15 is 0 Å². The molecule has 1 saturated heterocycles. The number of amides is 1. The van der Waals surface area contributed by atoms with Gasteiger partial charge in [-0.25, -0.2) is 0 Å². The molecule has 1 fully saturated rings. The van der Waals surface area contributed by atoms with Crippen LogP contribution >= 0.6 is 11.6 Å². The minimum atomic E-state index is 0.167. The predicted octanol–water partition coefficient (Wildman–Crippen LogP) is 2.44. The van der Waals surface area contributed by atoms with E-state index in [2.05, 4.69) is 33.1 Å². The normalized spacial score (nSPS) is 18.1. The van der Waals surface area contributed by atoms with Crippen LogP contribution in [0.4, 0.5) is 0 Å². The van der Waals surface area contributed by atoms with Crippen molar-refractivity contribution >= 4 is 17.5 Å². The highest BCUT2D eigenvalue weighted by molar-refractivity contribution is 6.30. The molecule has 2 aliphatic rings. The lowest BCUT2D eigenvalue weighted by atomic mass is 10.1. The molecule has 3 heterocycles. The maximum atomic E-state index is 11.5. The van der Waals surface area contributed by atoms with Crippen LogP contribution in [0.1, 0.15) is 29.3 Å². The highest BCUT2D eigenvalue weighted by atomic mass is 35.5. The molecule has 0 bridgehead atoms. The highest BCUT2D eigenvalue weighted by Crippen LogP contribution is 2.28. The van der Waals surface area contributed by atoms with Gasteiger partial charge in [-0.2, -0.15) is 5.10 Å². The number of hydrogen-bond donors (Lipinski definition) is 0. The number of ether oxygens (including phenoxy) is 1. The number of piperazine rings is 1. The summed E-state index contributed by atoms with van der Waals surface area (Å²) >= 11 is 6.45. The molecular weight excluding hydrogens is 402 g/mol. The number of carbonyl (C=O) groups excluding carboxylic acids is 1. The summed E-state index contributed by atoms with van der Waals surface area (Å²) in [7, 11) is 1.88. The van der Waals surface area contributed by atoms with E-state index in [4.69, 9.17) is 16.3 Å². The Kier molecular flexibility index (Phi) is 6.32. The summed E-state index contributed by atoms with van der Waals surface area (Å²) in [6.45, 7) is 11.1. The van der Waals surface area contributed by atoms with Crippen LogP contribution in [0.25, 0.3) is 0 Å². The van der Waals surface area contributed by atoms with E-state index < -0.39 is 0 Å². The Hall–Kier alpha value is -2.09. The van der Waals surface area contributed by atoms with Crippen LogP contribution in [-0.4, -0.2) is 69.7 Å². The number of halogens is 1. The van der Waals surface area contributed by atoms with Crippen molar-refractivity contribution in [2.75, 3.05) is 39.3 Å². The Morgan fingerprint density at radius 3 is 2.57 bits per heavy atom. The average molecular weight is 432 g/mol. The van der Waals surface area contributed by atoms with E-state index in [0.717, 1.165) is 69.4 Å². The van der Waals surface area contributed by atoms with Crippen LogP contribution in [0, 0.1) is 6.92 Å². The average Bonchev–Trinajstić information content (AvgIpc) is 2.86. The van der Waals surface area contributed by atoms with E-state index in [0.29, 0.717) is 11.8 Å². The summed E-state index contributed by atoms with van der Waals surface area (Å²) in [5.41, 5.74) is 4.56. The van der Waals surface area contributed by atoms with Gasteiger partial charge in [0.25, 0.3) is 0 Å². The number of aryl methyl sites for hydroxylation is 2. The van der Waals surface area contributed by atoms with Crippen LogP contribution in [0.2, 0.25) is 5.15 Å². The van der Waals surface area contributed by atoms with Gasteiger partial charge in [-0.15, -0.1) is 0 Å². The molecule has 0 aliphatic carbocycles. The number of benzene rings is 1. The third kappa shape index (κ3) is 4.63. The molecule has 0 radical (unpaired) electrons. The summed E-state index contributed by atoms with van der Waals surface area (Å²) in [6, 6.07) is 6.53. The van der Waals surface area contributed by atoms with Gasteiger partial charge in [0.1, 0.15) is 17.5 Å². The first-order chi connectivity index (χ1) is 14.4. The molecule has 7 nitrogen and oxygen atoms in total. The van der Waals surface area contributed by atoms with Crippen molar-refractivity contribution in [1.82, 2.24) is 24.5 Å². The molecule has 30 heavy (non-hydrogen) atoms. The first-order valence-corrected chi connectivity index (χ1v) is 10.9. The maximum Gasteiger partial charge on any atom is 0.219 e. The van der Waals surface area contributed by atoms with Crippen LogP contribution in [0.15, 0.2) is 18.2 Å². The number of aromatic nitrogens is 2. The van der Waals surface area contributed by atoms with Gasteiger partial charge in [-0.05, 0) is 24.6 Å². The second-order valence-corrected chi connectivity index (χ2v) is 8.62. The topological polar surface area (TPSA) is 53.8 Å². The van der Waals surface area contributed by atoms with Crippen LogP contribution in [0.5, 0.6) is 5.75 Å². The van der Waals surface area contributed by atoms with Gasteiger partial charge in [0.15, 0.2) is 0 Å². The molecule has 1 aromatic heterocycles. The smallest absolute Gasteiger partial charge is 0.219 e. The van der Waals surface area contributed by atoms with Crippen molar-refractivity contribution in [1.29, 1.82) is 0 Å². The lowest BCUT2D eigenvalue weighted by molar-refractivity contribution is -0.130. The van der Waals surface area contributed by atoms with E-state index in [1.54, 1.807) is 11.6 Å². The van der Waals surface area contributed by atoms with Crippen molar-refractivity contribution in [2.24, 2.45) is 7.05 Å². The summed E-state index contributed by atoms with van der Waals surface area (Å²) in [4.78, 5) is 18.2. The van der Waals surface area contributed by atoms with Gasteiger partial charge in [0.2, 0.25) is 5.91 Å². The zero-order chi connectivity index (χ0) is 21.3. The Morgan fingerprint density at radius 2 is 1.90 bits per heavy atom. The lowest BCUT2D eigenvalue weighted by Gasteiger charge is -2.34. The number of hydrogen-bond acceptors (Lipinski definition) is 5. The first-order valence-electron chi connectivity index (χ1n) is 10.5. The Bertz CT molecular complexity index is 920. The van der Waals surface area contributed by atoms with Crippen LogP contribution < -0.4 is 4.74 Å². The number of carbonyl (C=O) groups is 1. The Morgan fingerprint density at radius 1 is 1.13 bits per heavy atom. The van der Waals surface area contributed by atoms with Gasteiger partial charge in [0, 0.05) is 77.5 Å². The quantitative estimate of drug-likeness (QED) is 0.744. The fourth-order valence-corrected chi connectivity index (χ4v) is 4.53. The lowest BCUT2D eigenvalue weighted by Crippen LogP contribution is -2.47. The molecule has 0 atom stereocenters. The molecule has 0 N–H and O–H groups in total. The van der Waals surface area contributed by atoms with Crippen molar-refractivity contribution < 1.29 is 9.53 Å². The van der Waals surface area contributed by atoms with Crippen LogP contribution in [-0.2, 0) is 31.5 Å². The second-order valence-electron chi connectivity index (χ2n) is 8.26. The zero-order valence-corrected chi connectivity index (χ0v) is 18.8. The molecule has 0 spiro atoms. The van der Waals surface area contributed by atoms with E-state index in [1.165, 1.54) is 11.1 Å². The van der Waals surface area contributed by atoms with Gasteiger partial charge >= 0.3 is 0 Å². The van der Waals surface area contributed by atoms with E-state index in [1.807, 2.05) is 18.9 Å². The molecule has 1 amide bonds. The fraction of sp³-hybridized carbons (Fsp3) is 0.545. The minimum Gasteiger partial charge on any atom is -0.492 e. The van der Waals surface area contributed by atoms with Gasteiger partial charge in [-0.1, -0.05) is 17.7 Å². The van der Waals surface area contributed by atoms with Crippen LogP contribution in [0.3, 0.4) is 0 Å². The SMILES string of the molecule is CC(=O)N1CCN(Cc2ccc3c(c2)CN(Cc2c(C)nn(C)c2Cl)CCO3)CC1. The summed E-state index contributed by atoms with van der Waals surface area (Å²) in [6.07, 6.45) is 0. The fourth-order valence-electron chi connectivity index (χ4n) is 4.29. The Balaban J connectivity index is 1.43. The Labute approximate surface area is 183 Å². The zero-order valence-electron chi connectivity index (χ0n) is 18.0. The number of fused-ring (bicyclic) bond motifs is 1. The molecule has 2 aliphatic heterocycles. The molecule has 4 rings (SSSR count). The first kappa shape index (κ1) is 21.2. The summed E-state index contributed by atoms with van der Waals surface area (Å²) in [5.74, 6) is 1.14. The van der Waals surface area contributed by atoms with Gasteiger partial charge in [-0.3, -0.25) is 19.3 Å². The van der Waals surface area contributed by atoms with Crippen molar-refractivity contribution in [3.63, 3.8) is 0 Å². The summed E-state index contributed by atoms with van der Waals surface area (Å²) in [5, 5.41) is 5.14. The third-order valence-corrected chi connectivity index (χ3v) is 6.53. The predicted molar refractivity (Wildman–Crippen MR) is 117 cm³/mol. The monoisotopic (exact) mass is 431 g/mol. The molecule has 0 unspecified atom stereocenters. The minimum absolute atomic E-state index is 0.167. The molecule has 2 aromatic rings. The second kappa shape index (κ2) is 8.96. The van der Waals surface area contributed by atoms with Gasteiger partial charge < -0.3 is 9.64 Å². The van der Waals surface area contributed by atoms with Gasteiger partial charge in [0.05, 0.1) is 5.69 Å². The highest BCUT2D eigenvalue weighted by Gasteiger charge is 2.22. The molecule has 1 aromatic carbocycles. The largest absolute Gasteiger partial charge is 0.492 e.